The molecule has 0 aromatic heterocycles. The summed E-state index contributed by atoms with van der Waals surface area (Å²) in [7, 11) is 8.21. The number of hydrogen-bond donors (Lipinski definition) is 0. The van der Waals surface area contributed by atoms with Gasteiger partial charge in [0.15, 0.2) is 0 Å². The van der Waals surface area contributed by atoms with Gasteiger partial charge < -0.3 is 0 Å². The van der Waals surface area contributed by atoms with Crippen molar-refractivity contribution in [3.8, 4) is 0 Å². The summed E-state index contributed by atoms with van der Waals surface area (Å²) in [6.45, 7) is 0. The summed E-state index contributed by atoms with van der Waals surface area (Å²) in [5.74, 6) is 0. The van der Waals surface area contributed by atoms with E-state index in [9.17, 15) is 0 Å². The molecule has 0 amide bonds. The average molecular weight is 396 g/mol. The molecule has 0 radical (unpaired) electrons. The van der Waals surface area contributed by atoms with Gasteiger partial charge in [0, 0.05) is 0 Å². The Morgan fingerprint density at radius 2 is 0.944 bits per heavy atom. The van der Waals surface area contributed by atoms with Gasteiger partial charge in [-0.15, -0.1) is 0 Å². The maximum atomic E-state index is 8.40. The van der Waals surface area contributed by atoms with Crippen molar-refractivity contribution in [3.05, 3.63) is 72.8 Å². The van der Waals surface area contributed by atoms with Gasteiger partial charge in [-0.1, -0.05) is 0 Å². The number of hydrogen-bond acceptors (Lipinski definition) is 2. The van der Waals surface area contributed by atoms with Crippen molar-refractivity contribution in [1.82, 2.24) is 0 Å². The van der Waals surface area contributed by atoms with Crippen molar-refractivity contribution in [2.24, 2.45) is 0 Å². The number of halogens is 2. The third-order valence-corrected chi connectivity index (χ3v) is 1.21. The van der Waals surface area contributed by atoms with Crippen LogP contribution in [0.15, 0.2) is 60.7 Å². The predicted octanol–water partition coefficient (Wildman–Crippen LogP) is 4.71. The van der Waals surface area contributed by atoms with Gasteiger partial charge >= 0.3 is 43.3 Å². The summed E-state index contributed by atoms with van der Waals surface area (Å²) >= 11 is -0.106. The summed E-state index contributed by atoms with van der Waals surface area (Å²) < 4.78 is 16.8. The molecule has 0 N–H and O–H groups in total. The van der Waals surface area contributed by atoms with Gasteiger partial charge in [-0.3, -0.25) is 0 Å². The molecule has 102 valence electrons. The molecular weight excluding hydrogens is 384 g/mol. The Bertz CT molecular complexity index is 285. The van der Waals surface area contributed by atoms with Crippen molar-refractivity contribution in [3.63, 3.8) is 0 Å². The van der Waals surface area contributed by atoms with Crippen LogP contribution in [0.25, 0.3) is 0 Å². The fourth-order valence-corrected chi connectivity index (χ4v) is 0.684. The normalized spacial score (nSPS) is 7.22. The zero-order chi connectivity index (χ0) is 13.9. The molecule has 2 nitrogen and oxygen atoms in total. The maximum Gasteiger partial charge on any atom is -0.171 e. The van der Waals surface area contributed by atoms with Crippen LogP contribution in [-0.2, 0) is 25.1 Å². The standard InChI is InChI=1S/2C6H5.2ClH.HO2P.Pd/c2*1-2-4-6-5-3-1;;;1-3-2;/h2*1-5H;2*1H;3H;/q2*-1;;;;+2/p-2. The van der Waals surface area contributed by atoms with E-state index in [-0.39, 0.29) is 15.9 Å². The van der Waals surface area contributed by atoms with Gasteiger partial charge in [0.1, 0.15) is 0 Å². The molecule has 0 fully saturated rings. The molecule has 0 bridgehead atoms. The van der Waals surface area contributed by atoms with Crippen LogP contribution < -0.4 is 0 Å². The van der Waals surface area contributed by atoms with E-state index in [2.05, 4.69) is 12.1 Å². The second-order valence-corrected chi connectivity index (χ2v) is 4.81. The molecule has 6 heteroatoms. The first-order valence-corrected chi connectivity index (χ1v) is 9.29. The van der Waals surface area contributed by atoms with Gasteiger partial charge in [0.25, 0.3) is 0 Å². The Morgan fingerprint density at radius 3 is 1.00 bits per heavy atom. The minimum absolute atomic E-state index is 0.106. The van der Waals surface area contributed by atoms with Crippen molar-refractivity contribution in [1.29, 1.82) is 0 Å². The molecule has 0 aliphatic rings. The van der Waals surface area contributed by atoms with Crippen LogP contribution in [0.4, 0.5) is 0 Å². The summed E-state index contributed by atoms with van der Waals surface area (Å²) in [4.78, 5) is 0. The SMILES string of the molecule is O=[PH]=O.[Cl][Pd][Cl].[c-]1ccccc1.[c-]1ccccc1. The zero-order valence-electron chi connectivity index (χ0n) is 9.16. The summed E-state index contributed by atoms with van der Waals surface area (Å²) in [5.41, 5.74) is 0. The van der Waals surface area contributed by atoms with Gasteiger partial charge in [-0.2, -0.15) is 72.8 Å². The van der Waals surface area contributed by atoms with Crippen molar-refractivity contribution in [2.75, 3.05) is 0 Å². The Kier molecular flexibility index (Phi) is 24.1. The molecule has 2 rings (SSSR count). The molecule has 0 unspecified atom stereocenters. The van der Waals surface area contributed by atoms with Crippen molar-refractivity contribution >= 4 is 27.4 Å². The number of benzene rings is 2. The number of rotatable bonds is 0. The Balaban J connectivity index is 0. The van der Waals surface area contributed by atoms with E-state index in [1.165, 1.54) is 0 Å². The maximum absolute atomic E-state index is 8.40. The fraction of sp³-hybridized carbons (Fsp3) is 0. The molecule has 2 aromatic rings. The van der Waals surface area contributed by atoms with Gasteiger partial charge in [-0.05, 0) is 0 Å². The minimum Gasteiger partial charge on any atom is -0.184 e. The van der Waals surface area contributed by atoms with E-state index in [0.717, 1.165) is 0 Å². The quantitative estimate of drug-likeness (QED) is 0.368. The van der Waals surface area contributed by atoms with Crippen LogP contribution in [0.5, 0.6) is 0 Å². The predicted molar refractivity (Wildman–Crippen MR) is 72.0 cm³/mol. The average Bonchev–Trinajstić information content (AvgIpc) is 2.45. The van der Waals surface area contributed by atoms with Gasteiger partial charge in [0.2, 0.25) is 0 Å². The minimum atomic E-state index is -1.42. The second-order valence-electron chi connectivity index (χ2n) is 2.28. The molecule has 2 aromatic carbocycles. The monoisotopic (exact) mass is 394 g/mol. The summed E-state index contributed by atoms with van der Waals surface area (Å²) in [6.07, 6.45) is 0. The van der Waals surface area contributed by atoms with Crippen LogP contribution in [0, 0.1) is 12.1 Å². The fourth-order valence-electron chi connectivity index (χ4n) is 0.684. The van der Waals surface area contributed by atoms with Crippen LogP contribution >= 0.6 is 27.4 Å². The van der Waals surface area contributed by atoms with Crippen molar-refractivity contribution < 1.29 is 25.1 Å². The third-order valence-electron chi connectivity index (χ3n) is 1.21. The van der Waals surface area contributed by atoms with E-state index in [4.69, 9.17) is 28.2 Å². The van der Waals surface area contributed by atoms with Crippen LogP contribution in [0.1, 0.15) is 0 Å². The zero-order valence-corrected chi connectivity index (χ0v) is 13.2. The molecule has 0 saturated carbocycles. The summed E-state index contributed by atoms with van der Waals surface area (Å²) in [6, 6.07) is 25.0. The molecule has 0 heterocycles. The first kappa shape index (κ1) is 19.9. The molecule has 0 aliphatic carbocycles. The Labute approximate surface area is 125 Å². The molecule has 18 heavy (non-hydrogen) atoms. The van der Waals surface area contributed by atoms with E-state index in [1.54, 1.807) is 0 Å². The molecule has 0 atom stereocenters. The first-order chi connectivity index (χ1) is 8.83. The van der Waals surface area contributed by atoms with E-state index < -0.39 is 8.34 Å². The molecule has 0 spiro atoms. The first-order valence-electron chi connectivity index (χ1n) is 4.47. The van der Waals surface area contributed by atoms with Gasteiger partial charge in [-0.25, -0.2) is 9.13 Å². The molecular formula is C12H11Cl2O2PPd-2. The third kappa shape index (κ3) is 24.7. The summed E-state index contributed by atoms with van der Waals surface area (Å²) in [5, 5.41) is 0. The van der Waals surface area contributed by atoms with Gasteiger partial charge in [0.05, 0.1) is 0 Å². The Hall–Kier alpha value is -0.418. The smallest absolute Gasteiger partial charge is 0.171 e. The van der Waals surface area contributed by atoms with E-state index >= 15 is 0 Å². The van der Waals surface area contributed by atoms with E-state index in [0.29, 0.717) is 0 Å². The van der Waals surface area contributed by atoms with Crippen LogP contribution in [-0.4, -0.2) is 0 Å². The Morgan fingerprint density at radius 1 is 0.722 bits per heavy atom. The molecule has 0 saturated heterocycles. The van der Waals surface area contributed by atoms with E-state index in [1.807, 2.05) is 60.7 Å². The topological polar surface area (TPSA) is 34.1 Å². The second kappa shape index (κ2) is 21.8. The largest absolute Gasteiger partial charge is 0.184 e. The van der Waals surface area contributed by atoms with Crippen LogP contribution in [0.2, 0.25) is 0 Å². The van der Waals surface area contributed by atoms with Crippen LogP contribution in [0.3, 0.4) is 0 Å². The molecule has 0 aliphatic heterocycles. The van der Waals surface area contributed by atoms with Crippen molar-refractivity contribution in [2.45, 2.75) is 0 Å².